The molecule has 7 heteroatoms. The normalized spacial score (nSPS) is 24.3. The maximum Gasteiger partial charge on any atom is 0.410 e. The predicted octanol–water partition coefficient (Wildman–Crippen LogP) is 4.95. The molecule has 170 valence electrons. The largest absolute Gasteiger partial charge is 0.444 e. The van der Waals surface area contributed by atoms with Crippen molar-refractivity contribution in [1.29, 1.82) is 5.26 Å². The highest BCUT2D eigenvalue weighted by atomic mass is 19.1. The Labute approximate surface area is 187 Å². The van der Waals surface area contributed by atoms with Crippen molar-refractivity contribution in [2.24, 2.45) is 5.41 Å². The van der Waals surface area contributed by atoms with Crippen LogP contribution in [0.5, 0.6) is 0 Å². The topological polar surface area (TPSA) is 67.5 Å². The molecule has 1 aromatic heterocycles. The van der Waals surface area contributed by atoms with E-state index in [1.165, 1.54) is 6.07 Å². The monoisotopic (exact) mass is 439 g/mol. The number of hydrogen-bond acceptors (Lipinski definition) is 4. The number of aromatic nitrogens is 1. The van der Waals surface area contributed by atoms with Crippen LogP contribution >= 0.6 is 0 Å². The van der Waals surface area contributed by atoms with Crippen molar-refractivity contribution in [3.05, 3.63) is 35.3 Å². The van der Waals surface area contributed by atoms with Crippen molar-refractivity contribution in [2.45, 2.75) is 70.6 Å². The SMILES string of the molecule is CC(C)(C)OC(=O)N1CCC2(CC1)C[C@H]2c1cc2c(F)cc(C#N)cc2n1C[C@H]1CCO1. The lowest BCUT2D eigenvalue weighted by atomic mass is 9.90. The average molecular weight is 440 g/mol. The predicted molar refractivity (Wildman–Crippen MR) is 118 cm³/mol. The third-order valence-corrected chi connectivity index (χ3v) is 7.27. The lowest BCUT2D eigenvalue weighted by Gasteiger charge is -2.34. The summed E-state index contributed by atoms with van der Waals surface area (Å²) in [6, 6.07) is 7.16. The minimum atomic E-state index is -0.495. The molecular formula is C25H30FN3O3. The lowest BCUT2D eigenvalue weighted by Crippen LogP contribution is -2.42. The van der Waals surface area contributed by atoms with Gasteiger partial charge in [0.05, 0.1) is 23.3 Å². The van der Waals surface area contributed by atoms with E-state index in [1.807, 2.05) is 31.7 Å². The van der Waals surface area contributed by atoms with Gasteiger partial charge < -0.3 is 18.9 Å². The number of ether oxygens (including phenoxy) is 2. The summed E-state index contributed by atoms with van der Waals surface area (Å²) in [5, 5.41) is 9.90. The summed E-state index contributed by atoms with van der Waals surface area (Å²) in [7, 11) is 0. The molecule has 0 radical (unpaired) electrons. The standard InChI is InChI=1S/C25H30FN3O3/c1-24(2,3)32-23(30)28-7-5-25(6-8-28)13-19(25)22-12-18-20(26)10-16(14-27)11-21(18)29(22)15-17-4-9-31-17/h10-12,17,19H,4-9,13,15H2,1-3H3/t17-,19+/m1/s1. The molecule has 2 aliphatic heterocycles. The van der Waals surface area contributed by atoms with Gasteiger partial charge in [-0.25, -0.2) is 9.18 Å². The van der Waals surface area contributed by atoms with Crippen molar-refractivity contribution in [1.82, 2.24) is 9.47 Å². The summed E-state index contributed by atoms with van der Waals surface area (Å²) in [5.41, 5.74) is 1.91. The number of benzene rings is 1. The highest BCUT2D eigenvalue weighted by Gasteiger charge is 2.57. The zero-order valence-electron chi connectivity index (χ0n) is 19.0. The van der Waals surface area contributed by atoms with Gasteiger partial charge in [0.25, 0.3) is 0 Å². The molecule has 1 saturated carbocycles. The summed E-state index contributed by atoms with van der Waals surface area (Å²) in [6.45, 7) is 8.47. The maximum atomic E-state index is 14.8. The molecular weight excluding hydrogens is 409 g/mol. The molecule has 0 bridgehead atoms. The van der Waals surface area contributed by atoms with Crippen LogP contribution in [-0.4, -0.2) is 47.0 Å². The first-order valence-electron chi connectivity index (χ1n) is 11.5. The summed E-state index contributed by atoms with van der Waals surface area (Å²) >= 11 is 0. The van der Waals surface area contributed by atoms with Crippen LogP contribution < -0.4 is 0 Å². The van der Waals surface area contributed by atoms with Gasteiger partial charge in [-0.15, -0.1) is 0 Å². The van der Waals surface area contributed by atoms with Gasteiger partial charge in [-0.05, 0) is 70.1 Å². The fourth-order valence-corrected chi connectivity index (χ4v) is 5.30. The van der Waals surface area contributed by atoms with Gasteiger partial charge in [-0.3, -0.25) is 0 Å². The molecule has 3 aliphatic rings. The van der Waals surface area contributed by atoms with Crippen LogP contribution in [0, 0.1) is 22.6 Å². The summed E-state index contributed by atoms with van der Waals surface area (Å²) in [5.74, 6) is -0.0104. The molecule has 5 rings (SSSR count). The number of likely N-dealkylation sites (tertiary alicyclic amines) is 1. The molecule has 1 aliphatic carbocycles. The van der Waals surface area contributed by atoms with Gasteiger partial charge >= 0.3 is 6.09 Å². The second-order valence-corrected chi connectivity index (χ2v) is 10.6. The van der Waals surface area contributed by atoms with Crippen molar-refractivity contribution in [3.63, 3.8) is 0 Å². The first-order chi connectivity index (χ1) is 15.2. The maximum absolute atomic E-state index is 14.8. The molecule has 0 unspecified atom stereocenters. The zero-order valence-corrected chi connectivity index (χ0v) is 19.0. The number of nitrogens with zero attached hydrogens (tertiary/aromatic N) is 3. The molecule has 1 amide bonds. The smallest absolute Gasteiger partial charge is 0.410 e. The minimum absolute atomic E-state index is 0.141. The van der Waals surface area contributed by atoms with E-state index in [4.69, 9.17) is 9.47 Å². The summed E-state index contributed by atoms with van der Waals surface area (Å²) in [4.78, 5) is 14.3. The van der Waals surface area contributed by atoms with Gasteiger partial charge in [0.2, 0.25) is 0 Å². The van der Waals surface area contributed by atoms with Gasteiger partial charge in [0.1, 0.15) is 11.4 Å². The van der Waals surface area contributed by atoms with Crippen LogP contribution in [0.15, 0.2) is 18.2 Å². The Balaban J connectivity index is 1.39. The average Bonchev–Trinajstić information content (AvgIpc) is 3.25. The highest BCUT2D eigenvalue weighted by Crippen LogP contribution is 2.65. The molecule has 32 heavy (non-hydrogen) atoms. The lowest BCUT2D eigenvalue weighted by molar-refractivity contribution is -0.0589. The highest BCUT2D eigenvalue weighted by molar-refractivity contribution is 5.84. The van der Waals surface area contributed by atoms with Crippen LogP contribution in [0.1, 0.15) is 63.6 Å². The van der Waals surface area contributed by atoms with Crippen molar-refractivity contribution < 1.29 is 18.7 Å². The van der Waals surface area contributed by atoms with Crippen LogP contribution in [0.25, 0.3) is 10.9 Å². The number of carbonyl (C=O) groups is 1. The Morgan fingerprint density at radius 1 is 1.31 bits per heavy atom. The van der Waals surface area contributed by atoms with E-state index in [1.54, 1.807) is 6.07 Å². The Kier molecular flexibility index (Phi) is 4.97. The molecule has 2 atom stereocenters. The number of nitriles is 1. The van der Waals surface area contributed by atoms with E-state index in [-0.39, 0.29) is 23.4 Å². The quantitative estimate of drug-likeness (QED) is 0.679. The van der Waals surface area contributed by atoms with Crippen LogP contribution in [-0.2, 0) is 16.0 Å². The molecule has 3 heterocycles. The first kappa shape index (κ1) is 21.3. The first-order valence-corrected chi connectivity index (χ1v) is 11.5. The number of hydrogen-bond donors (Lipinski definition) is 0. The Bertz CT molecular complexity index is 1100. The molecule has 2 saturated heterocycles. The molecule has 2 aromatic rings. The second kappa shape index (κ2) is 7.48. The van der Waals surface area contributed by atoms with Gasteiger partial charge in [-0.2, -0.15) is 5.26 Å². The van der Waals surface area contributed by atoms with Crippen molar-refractivity contribution >= 4 is 17.0 Å². The summed E-state index contributed by atoms with van der Waals surface area (Å²) < 4.78 is 28.2. The van der Waals surface area contributed by atoms with Crippen molar-refractivity contribution in [3.8, 4) is 6.07 Å². The van der Waals surface area contributed by atoms with E-state index in [0.29, 0.717) is 36.5 Å². The van der Waals surface area contributed by atoms with E-state index >= 15 is 0 Å². The minimum Gasteiger partial charge on any atom is -0.444 e. The summed E-state index contributed by atoms with van der Waals surface area (Å²) in [6.07, 6.45) is 3.78. The third kappa shape index (κ3) is 3.75. The fraction of sp³-hybridized carbons (Fsp3) is 0.600. The number of halogens is 1. The van der Waals surface area contributed by atoms with E-state index in [0.717, 1.165) is 43.5 Å². The van der Waals surface area contributed by atoms with E-state index < -0.39 is 5.60 Å². The van der Waals surface area contributed by atoms with Crippen molar-refractivity contribution in [2.75, 3.05) is 19.7 Å². The Morgan fingerprint density at radius 3 is 2.62 bits per heavy atom. The molecule has 6 nitrogen and oxygen atoms in total. The number of fused-ring (bicyclic) bond motifs is 1. The van der Waals surface area contributed by atoms with Crippen LogP contribution in [0.2, 0.25) is 0 Å². The van der Waals surface area contributed by atoms with Gasteiger partial charge in [0, 0.05) is 43.2 Å². The molecule has 3 fully saturated rings. The van der Waals surface area contributed by atoms with Crippen LogP contribution in [0.3, 0.4) is 0 Å². The van der Waals surface area contributed by atoms with Crippen LogP contribution in [0.4, 0.5) is 9.18 Å². The number of carbonyl (C=O) groups excluding carboxylic acids is 1. The number of piperidine rings is 1. The molecule has 1 spiro atoms. The Hall–Kier alpha value is -2.59. The van der Waals surface area contributed by atoms with Gasteiger partial charge in [-0.1, -0.05) is 0 Å². The Morgan fingerprint density at radius 2 is 2.03 bits per heavy atom. The molecule has 1 aromatic carbocycles. The number of rotatable bonds is 3. The molecule has 0 N–H and O–H groups in total. The zero-order chi connectivity index (χ0) is 22.7. The van der Waals surface area contributed by atoms with Gasteiger partial charge in [0.15, 0.2) is 0 Å². The fourth-order valence-electron chi connectivity index (χ4n) is 5.30. The second-order valence-electron chi connectivity index (χ2n) is 10.6. The third-order valence-electron chi connectivity index (χ3n) is 7.27. The van der Waals surface area contributed by atoms with E-state index in [9.17, 15) is 14.4 Å². The van der Waals surface area contributed by atoms with E-state index in [2.05, 4.69) is 10.6 Å². The number of amides is 1.